The third-order valence-corrected chi connectivity index (χ3v) is 8.33. The highest BCUT2D eigenvalue weighted by Gasteiger charge is 2.52. The highest BCUT2D eigenvalue weighted by atomic mass is 32.2. The number of sulfonamides is 1. The van der Waals surface area contributed by atoms with Crippen LogP contribution in [0.5, 0.6) is 0 Å². The minimum Gasteiger partial charge on any atom is -0.349 e. The van der Waals surface area contributed by atoms with Crippen molar-refractivity contribution in [2.75, 3.05) is 18.4 Å². The minimum atomic E-state index is -3.44. The molecule has 0 saturated carbocycles. The van der Waals surface area contributed by atoms with E-state index in [2.05, 4.69) is 10.6 Å². The first kappa shape index (κ1) is 20.8. The van der Waals surface area contributed by atoms with E-state index in [9.17, 15) is 18.0 Å². The van der Waals surface area contributed by atoms with Crippen LogP contribution in [0.3, 0.4) is 0 Å². The van der Waals surface area contributed by atoms with Gasteiger partial charge in [0, 0.05) is 38.0 Å². The van der Waals surface area contributed by atoms with Gasteiger partial charge < -0.3 is 10.6 Å². The van der Waals surface area contributed by atoms with Crippen LogP contribution in [0.1, 0.15) is 57.9 Å². The van der Waals surface area contributed by atoms with E-state index in [4.69, 9.17) is 0 Å². The third-order valence-electron chi connectivity index (χ3n) is 5.98. The topological polar surface area (TPSA) is 95.6 Å². The summed E-state index contributed by atoms with van der Waals surface area (Å²) >= 11 is 0. The molecule has 2 aliphatic heterocycles. The molecule has 2 aliphatic rings. The van der Waals surface area contributed by atoms with E-state index >= 15 is 0 Å². The monoisotopic (exact) mass is 407 g/mol. The summed E-state index contributed by atoms with van der Waals surface area (Å²) in [5.41, 5.74) is 0.992. The number of nitrogens with one attached hydrogen (secondary N) is 2. The lowest BCUT2D eigenvalue weighted by Gasteiger charge is -2.39. The second-order valence-corrected chi connectivity index (χ2v) is 10.3. The van der Waals surface area contributed by atoms with Gasteiger partial charge in [0.2, 0.25) is 21.8 Å². The molecule has 1 spiro atoms. The van der Waals surface area contributed by atoms with Gasteiger partial charge in [-0.15, -0.1) is 0 Å². The summed E-state index contributed by atoms with van der Waals surface area (Å²) < 4.78 is 27.6. The molecule has 28 heavy (non-hydrogen) atoms. The number of hydrogen-bond donors (Lipinski definition) is 2. The van der Waals surface area contributed by atoms with E-state index in [0.717, 1.165) is 18.4 Å². The van der Waals surface area contributed by atoms with E-state index in [-0.39, 0.29) is 17.7 Å². The second-order valence-electron chi connectivity index (χ2n) is 7.97. The average Bonchev–Trinajstić information content (AvgIpc) is 2.99. The van der Waals surface area contributed by atoms with Crippen LogP contribution in [-0.2, 0) is 19.6 Å². The Bertz CT molecular complexity index is 870. The quantitative estimate of drug-likeness (QED) is 0.782. The number of piperidine rings is 1. The third kappa shape index (κ3) is 3.93. The van der Waals surface area contributed by atoms with E-state index in [0.29, 0.717) is 31.6 Å². The Hall–Kier alpha value is -1.93. The summed E-state index contributed by atoms with van der Waals surface area (Å²) in [7, 11) is -3.44. The molecule has 2 saturated heterocycles. The maximum atomic E-state index is 13.0. The fourth-order valence-electron chi connectivity index (χ4n) is 4.33. The summed E-state index contributed by atoms with van der Waals surface area (Å²) in [6, 6.07) is 7.48. The number of hydrogen-bond acceptors (Lipinski definition) is 4. The molecule has 3 rings (SSSR count). The molecular formula is C20H29N3O4S. The molecule has 2 heterocycles. The molecule has 154 valence electrons. The molecule has 8 heteroatoms. The summed E-state index contributed by atoms with van der Waals surface area (Å²) in [4.78, 5) is 23.6. The van der Waals surface area contributed by atoms with E-state index in [1.807, 2.05) is 25.1 Å². The van der Waals surface area contributed by atoms with Gasteiger partial charge in [-0.05, 0) is 43.9 Å². The predicted molar refractivity (Wildman–Crippen MR) is 108 cm³/mol. The van der Waals surface area contributed by atoms with Gasteiger partial charge in [0.1, 0.15) is 0 Å². The fourth-order valence-corrected chi connectivity index (χ4v) is 6.03. The SMILES string of the molecule is CC[C@@H](C)S(=O)(=O)N1C[C@@H](c2cccc(NC(C)=O)c2)[C@@]2(CCCC(=O)N2)C1. The smallest absolute Gasteiger partial charge is 0.221 e. The molecule has 0 unspecified atom stereocenters. The van der Waals surface area contributed by atoms with Crippen LogP contribution in [-0.4, -0.2) is 48.4 Å². The van der Waals surface area contributed by atoms with E-state index in [1.165, 1.54) is 6.92 Å². The summed E-state index contributed by atoms with van der Waals surface area (Å²) in [5.74, 6) is -0.355. The van der Waals surface area contributed by atoms with Crippen LogP contribution in [0, 0.1) is 0 Å². The number of carbonyl (C=O) groups excluding carboxylic acids is 2. The van der Waals surface area contributed by atoms with Gasteiger partial charge in [-0.3, -0.25) is 9.59 Å². The standard InChI is InChI=1S/C20H29N3O4S/c1-4-14(2)28(26,27)23-12-18(20(13-23)10-6-9-19(25)22-20)16-7-5-8-17(11-16)21-15(3)24/h5,7-8,11,14,18H,4,6,9-10,12-13H2,1-3H3,(H,21,24)(H,22,25)/t14-,18+,20-/m1/s1. The second kappa shape index (κ2) is 7.83. The maximum absolute atomic E-state index is 13.0. The Morgan fingerprint density at radius 2 is 2.18 bits per heavy atom. The zero-order chi connectivity index (χ0) is 20.5. The lowest BCUT2D eigenvalue weighted by atomic mass is 9.76. The molecule has 3 atom stereocenters. The van der Waals surface area contributed by atoms with E-state index in [1.54, 1.807) is 17.3 Å². The van der Waals surface area contributed by atoms with Crippen LogP contribution in [0.25, 0.3) is 0 Å². The normalized spacial score (nSPS) is 26.8. The molecule has 1 aromatic carbocycles. The van der Waals surface area contributed by atoms with Crippen molar-refractivity contribution in [1.82, 2.24) is 9.62 Å². The summed E-state index contributed by atoms with van der Waals surface area (Å²) in [6.45, 7) is 5.67. The van der Waals surface area contributed by atoms with Crippen LogP contribution < -0.4 is 10.6 Å². The maximum Gasteiger partial charge on any atom is 0.221 e. The molecule has 0 radical (unpaired) electrons. The van der Waals surface area contributed by atoms with Crippen LogP contribution >= 0.6 is 0 Å². The van der Waals surface area contributed by atoms with Crippen molar-refractivity contribution >= 4 is 27.5 Å². The summed E-state index contributed by atoms with van der Waals surface area (Å²) in [5, 5.41) is 5.44. The number of amides is 2. The Kier molecular flexibility index (Phi) is 5.82. The predicted octanol–water partition coefficient (Wildman–Crippen LogP) is 2.21. The number of anilines is 1. The van der Waals surface area contributed by atoms with Crippen molar-refractivity contribution in [2.24, 2.45) is 0 Å². The van der Waals surface area contributed by atoms with Crippen molar-refractivity contribution in [3.63, 3.8) is 0 Å². The highest BCUT2D eigenvalue weighted by Crippen LogP contribution is 2.43. The van der Waals surface area contributed by atoms with Crippen molar-refractivity contribution in [3.05, 3.63) is 29.8 Å². The molecule has 7 nitrogen and oxygen atoms in total. The summed E-state index contributed by atoms with van der Waals surface area (Å²) in [6.07, 6.45) is 2.49. The molecule has 0 aromatic heterocycles. The highest BCUT2D eigenvalue weighted by molar-refractivity contribution is 7.89. The van der Waals surface area contributed by atoms with Crippen molar-refractivity contribution in [2.45, 2.75) is 63.2 Å². The van der Waals surface area contributed by atoms with Crippen molar-refractivity contribution < 1.29 is 18.0 Å². The largest absolute Gasteiger partial charge is 0.349 e. The lowest BCUT2D eigenvalue weighted by molar-refractivity contribution is -0.125. The minimum absolute atomic E-state index is 0.0305. The number of nitrogens with zero attached hydrogens (tertiary/aromatic N) is 1. The van der Waals surface area contributed by atoms with Gasteiger partial charge in [0.15, 0.2) is 0 Å². The van der Waals surface area contributed by atoms with Gasteiger partial charge in [-0.2, -0.15) is 4.31 Å². The molecular weight excluding hydrogens is 378 g/mol. The van der Waals surface area contributed by atoms with Gasteiger partial charge >= 0.3 is 0 Å². The van der Waals surface area contributed by atoms with Crippen LogP contribution in [0.4, 0.5) is 5.69 Å². The van der Waals surface area contributed by atoms with Gasteiger partial charge in [0.05, 0.1) is 10.8 Å². The molecule has 2 N–H and O–H groups in total. The van der Waals surface area contributed by atoms with Gasteiger partial charge in [-0.25, -0.2) is 8.42 Å². The first-order valence-electron chi connectivity index (χ1n) is 9.85. The zero-order valence-electron chi connectivity index (χ0n) is 16.7. The lowest BCUT2D eigenvalue weighted by Crippen LogP contribution is -2.56. The van der Waals surface area contributed by atoms with Crippen molar-refractivity contribution in [1.29, 1.82) is 0 Å². The Morgan fingerprint density at radius 1 is 1.43 bits per heavy atom. The zero-order valence-corrected chi connectivity index (χ0v) is 17.5. The van der Waals surface area contributed by atoms with Crippen molar-refractivity contribution in [3.8, 4) is 0 Å². The first-order valence-corrected chi connectivity index (χ1v) is 11.4. The molecule has 1 aromatic rings. The molecule has 0 bridgehead atoms. The number of rotatable bonds is 5. The number of benzene rings is 1. The fraction of sp³-hybridized carbons (Fsp3) is 0.600. The van der Waals surface area contributed by atoms with Gasteiger partial charge in [0.25, 0.3) is 0 Å². The van der Waals surface area contributed by atoms with Crippen LogP contribution in [0.2, 0.25) is 0 Å². The first-order chi connectivity index (χ1) is 13.2. The Labute approximate surface area is 166 Å². The van der Waals surface area contributed by atoms with Crippen LogP contribution in [0.15, 0.2) is 24.3 Å². The molecule has 2 fully saturated rings. The average molecular weight is 408 g/mol. The van der Waals surface area contributed by atoms with E-state index < -0.39 is 20.8 Å². The molecule has 0 aliphatic carbocycles. The number of carbonyl (C=O) groups is 2. The Morgan fingerprint density at radius 3 is 2.82 bits per heavy atom. The van der Waals surface area contributed by atoms with Gasteiger partial charge in [-0.1, -0.05) is 19.1 Å². The molecule has 2 amide bonds. The Balaban J connectivity index is 1.99.